The number of carbonyl (C=O) groups is 1. The minimum absolute atomic E-state index is 0.0861. The van der Waals surface area contributed by atoms with E-state index < -0.39 is 0 Å². The Morgan fingerprint density at radius 2 is 2.15 bits per heavy atom. The van der Waals surface area contributed by atoms with Crippen LogP contribution in [0.2, 0.25) is 0 Å². The van der Waals surface area contributed by atoms with Crippen molar-refractivity contribution in [3.05, 3.63) is 45.6 Å². The molecule has 1 amide bonds. The molecule has 0 radical (unpaired) electrons. The van der Waals surface area contributed by atoms with Crippen molar-refractivity contribution in [3.63, 3.8) is 0 Å². The van der Waals surface area contributed by atoms with Crippen molar-refractivity contribution in [2.24, 2.45) is 0 Å². The van der Waals surface area contributed by atoms with Crippen LogP contribution in [0.5, 0.6) is 0 Å². The Labute approximate surface area is 123 Å². The summed E-state index contributed by atoms with van der Waals surface area (Å²) in [6, 6.07) is 5.29. The molecule has 1 aromatic carbocycles. The molecule has 0 saturated carbocycles. The van der Waals surface area contributed by atoms with Crippen LogP contribution < -0.4 is 16.4 Å². The maximum Gasteiger partial charge on any atom is 0.253 e. The van der Waals surface area contributed by atoms with E-state index >= 15 is 0 Å². The Kier molecular flexibility index (Phi) is 4.63. The molecule has 0 unspecified atom stereocenters. The molecule has 1 heterocycles. The van der Waals surface area contributed by atoms with Gasteiger partial charge in [0.05, 0.1) is 5.56 Å². The lowest BCUT2D eigenvalue weighted by Gasteiger charge is -2.12. The van der Waals surface area contributed by atoms with Gasteiger partial charge in [-0.2, -0.15) is 11.3 Å². The van der Waals surface area contributed by atoms with Crippen LogP contribution >= 0.6 is 11.3 Å². The maximum atomic E-state index is 12.0. The fraction of sp³-hybridized carbons (Fsp3) is 0.267. The predicted octanol–water partition coefficient (Wildman–Crippen LogP) is 3.00. The molecule has 0 fully saturated rings. The summed E-state index contributed by atoms with van der Waals surface area (Å²) in [4.78, 5) is 12.0. The molecular formula is C15H19N3OS. The number of carbonyl (C=O) groups excluding carboxylic acids is 1. The van der Waals surface area contributed by atoms with Crippen molar-refractivity contribution in [1.29, 1.82) is 0 Å². The van der Waals surface area contributed by atoms with Crippen LogP contribution in [0, 0.1) is 6.92 Å². The first kappa shape index (κ1) is 14.4. The first-order valence-corrected chi connectivity index (χ1v) is 7.49. The topological polar surface area (TPSA) is 67.2 Å². The molecule has 0 aliphatic rings. The average Bonchev–Trinajstić information content (AvgIpc) is 2.82. The largest absolute Gasteiger partial charge is 0.399 e. The van der Waals surface area contributed by atoms with Crippen LogP contribution in [0.1, 0.15) is 28.4 Å². The minimum Gasteiger partial charge on any atom is -0.399 e. The molecule has 0 atom stereocenters. The Bertz CT molecular complexity index is 607. The highest BCUT2D eigenvalue weighted by Crippen LogP contribution is 2.21. The third kappa shape index (κ3) is 3.30. The zero-order chi connectivity index (χ0) is 14.5. The number of nitrogen functional groups attached to an aromatic ring is 1. The van der Waals surface area contributed by atoms with Crippen LogP contribution in [0.4, 0.5) is 11.4 Å². The number of nitrogens with one attached hydrogen (secondary N) is 2. The number of anilines is 2. The number of aryl methyl sites for hydroxylation is 1. The van der Waals surface area contributed by atoms with Gasteiger partial charge in [-0.25, -0.2) is 0 Å². The number of benzene rings is 1. The Morgan fingerprint density at radius 1 is 1.35 bits per heavy atom. The van der Waals surface area contributed by atoms with E-state index in [2.05, 4.69) is 28.3 Å². The number of amides is 1. The van der Waals surface area contributed by atoms with E-state index in [-0.39, 0.29) is 5.91 Å². The van der Waals surface area contributed by atoms with Gasteiger partial charge in [0.1, 0.15) is 0 Å². The fourth-order valence-electron chi connectivity index (χ4n) is 1.92. The third-order valence-corrected chi connectivity index (χ3v) is 3.97. The van der Waals surface area contributed by atoms with Gasteiger partial charge in [0, 0.05) is 24.5 Å². The van der Waals surface area contributed by atoms with Gasteiger partial charge >= 0.3 is 0 Å². The monoisotopic (exact) mass is 289 g/mol. The van der Waals surface area contributed by atoms with Crippen molar-refractivity contribution >= 4 is 28.6 Å². The van der Waals surface area contributed by atoms with Gasteiger partial charge in [0.25, 0.3) is 5.91 Å². The van der Waals surface area contributed by atoms with Gasteiger partial charge in [-0.3, -0.25) is 4.79 Å². The molecule has 4 nitrogen and oxygen atoms in total. The van der Waals surface area contributed by atoms with Crippen molar-refractivity contribution in [2.45, 2.75) is 20.4 Å². The average molecular weight is 289 g/mol. The molecule has 0 bridgehead atoms. The van der Waals surface area contributed by atoms with E-state index in [0.29, 0.717) is 24.3 Å². The quantitative estimate of drug-likeness (QED) is 0.741. The van der Waals surface area contributed by atoms with Crippen LogP contribution in [-0.2, 0) is 6.54 Å². The number of nitrogens with two attached hydrogens (primary N) is 1. The van der Waals surface area contributed by atoms with Crippen molar-refractivity contribution in [1.82, 2.24) is 5.32 Å². The Morgan fingerprint density at radius 3 is 2.80 bits per heavy atom. The molecule has 0 spiro atoms. The van der Waals surface area contributed by atoms with Crippen LogP contribution in [0.25, 0.3) is 0 Å². The summed E-state index contributed by atoms with van der Waals surface area (Å²) < 4.78 is 0. The van der Waals surface area contributed by atoms with Gasteiger partial charge in [-0.05, 0) is 53.9 Å². The zero-order valence-electron chi connectivity index (χ0n) is 11.7. The molecule has 20 heavy (non-hydrogen) atoms. The van der Waals surface area contributed by atoms with Crippen LogP contribution in [0.3, 0.4) is 0 Å². The summed E-state index contributed by atoms with van der Waals surface area (Å²) in [6.07, 6.45) is 0. The summed E-state index contributed by atoms with van der Waals surface area (Å²) in [5.74, 6) is -0.0861. The van der Waals surface area contributed by atoms with Crippen molar-refractivity contribution in [3.8, 4) is 0 Å². The van der Waals surface area contributed by atoms with Gasteiger partial charge < -0.3 is 16.4 Å². The van der Waals surface area contributed by atoms with Crippen molar-refractivity contribution < 1.29 is 4.79 Å². The Hall–Kier alpha value is -2.01. The lowest BCUT2D eigenvalue weighted by Crippen LogP contribution is -2.24. The first-order chi connectivity index (χ1) is 9.61. The van der Waals surface area contributed by atoms with E-state index in [0.717, 1.165) is 5.69 Å². The highest BCUT2D eigenvalue weighted by molar-refractivity contribution is 7.08. The SMILES string of the molecule is CCNC(=O)c1ccc(N)cc1NCc1cscc1C. The summed E-state index contributed by atoms with van der Waals surface area (Å²) >= 11 is 1.68. The van der Waals surface area contributed by atoms with Crippen LogP contribution in [-0.4, -0.2) is 12.5 Å². The molecule has 106 valence electrons. The number of hydrogen-bond donors (Lipinski definition) is 3. The molecule has 0 aliphatic heterocycles. The summed E-state index contributed by atoms with van der Waals surface area (Å²) in [5, 5.41) is 10.3. The number of hydrogen-bond acceptors (Lipinski definition) is 4. The second kappa shape index (κ2) is 6.43. The lowest BCUT2D eigenvalue weighted by atomic mass is 10.1. The lowest BCUT2D eigenvalue weighted by molar-refractivity contribution is 0.0956. The normalized spacial score (nSPS) is 10.3. The van der Waals surface area contributed by atoms with E-state index in [1.807, 2.05) is 6.92 Å². The molecule has 1 aromatic heterocycles. The van der Waals surface area contributed by atoms with Crippen LogP contribution in [0.15, 0.2) is 29.0 Å². The summed E-state index contributed by atoms with van der Waals surface area (Å²) in [5.41, 5.74) is 10.3. The second-order valence-corrected chi connectivity index (χ2v) is 5.34. The standard InChI is InChI=1S/C15H19N3OS/c1-3-17-15(19)13-5-4-12(16)6-14(13)18-7-11-9-20-8-10(11)2/h4-6,8-9,18H,3,7,16H2,1-2H3,(H,17,19). The maximum absolute atomic E-state index is 12.0. The minimum atomic E-state index is -0.0861. The smallest absolute Gasteiger partial charge is 0.253 e. The number of thiophene rings is 1. The predicted molar refractivity (Wildman–Crippen MR) is 85.2 cm³/mol. The first-order valence-electron chi connectivity index (χ1n) is 6.55. The van der Waals surface area contributed by atoms with E-state index in [9.17, 15) is 4.79 Å². The zero-order valence-corrected chi connectivity index (χ0v) is 12.5. The summed E-state index contributed by atoms with van der Waals surface area (Å²) in [6.45, 7) is 5.27. The molecular weight excluding hydrogens is 270 g/mol. The van der Waals surface area contributed by atoms with E-state index in [1.165, 1.54) is 11.1 Å². The number of rotatable bonds is 5. The Balaban J connectivity index is 2.19. The third-order valence-electron chi connectivity index (χ3n) is 3.06. The van der Waals surface area contributed by atoms with Gasteiger partial charge in [0.2, 0.25) is 0 Å². The fourth-order valence-corrected chi connectivity index (χ4v) is 2.78. The van der Waals surface area contributed by atoms with E-state index in [1.54, 1.807) is 29.5 Å². The van der Waals surface area contributed by atoms with Gasteiger partial charge in [-0.1, -0.05) is 0 Å². The molecule has 2 rings (SSSR count). The van der Waals surface area contributed by atoms with E-state index in [4.69, 9.17) is 5.73 Å². The molecule has 0 aliphatic carbocycles. The highest BCUT2D eigenvalue weighted by atomic mass is 32.1. The summed E-state index contributed by atoms with van der Waals surface area (Å²) in [7, 11) is 0. The molecule has 4 N–H and O–H groups in total. The second-order valence-electron chi connectivity index (χ2n) is 4.60. The van der Waals surface area contributed by atoms with Gasteiger partial charge in [0.15, 0.2) is 0 Å². The van der Waals surface area contributed by atoms with Gasteiger partial charge in [-0.15, -0.1) is 0 Å². The highest BCUT2D eigenvalue weighted by Gasteiger charge is 2.11. The molecule has 2 aromatic rings. The molecule has 5 heteroatoms. The van der Waals surface area contributed by atoms with Crippen molar-refractivity contribution in [2.75, 3.05) is 17.6 Å². The molecule has 0 saturated heterocycles.